The van der Waals surface area contributed by atoms with E-state index in [-0.39, 0.29) is 0 Å². The molecular weight excluding hydrogens is 492 g/mol. The molecule has 3 N–H and O–H groups in total. The summed E-state index contributed by atoms with van der Waals surface area (Å²) in [4.78, 5) is 9.06. The van der Waals surface area contributed by atoms with Gasteiger partial charge in [-0.15, -0.1) is 0 Å². The molecule has 0 radical (unpaired) electrons. The van der Waals surface area contributed by atoms with Crippen molar-refractivity contribution in [2.24, 2.45) is 27.6 Å². The average molecular weight is 539 g/mol. The van der Waals surface area contributed by atoms with E-state index in [2.05, 4.69) is 59.7 Å². The molecule has 0 saturated carbocycles. The minimum atomic E-state index is 0.448. The van der Waals surface area contributed by atoms with Crippen molar-refractivity contribution in [2.45, 2.75) is 78.6 Å². The van der Waals surface area contributed by atoms with E-state index < -0.39 is 0 Å². The third-order valence-electron chi connectivity index (χ3n) is 6.83. The molecule has 0 amide bonds. The topological polar surface area (TPSA) is 72.0 Å². The van der Waals surface area contributed by atoms with Crippen molar-refractivity contribution in [3.8, 4) is 0 Å². The van der Waals surface area contributed by atoms with Crippen molar-refractivity contribution in [1.82, 2.24) is 5.32 Å². The number of rotatable bonds is 17. The maximum absolute atomic E-state index is 5.98. The maximum atomic E-state index is 5.98. The van der Waals surface area contributed by atoms with E-state index in [1.807, 2.05) is 32.2 Å². The molecule has 0 spiro atoms. The smallest absolute Gasteiger partial charge is 0.179 e. The second-order valence-electron chi connectivity index (χ2n) is 10.1. The second kappa shape index (κ2) is 17.7. The zero-order valence-electron chi connectivity index (χ0n) is 23.6. The van der Waals surface area contributed by atoms with E-state index in [0.717, 1.165) is 61.5 Å². The van der Waals surface area contributed by atoms with Crippen molar-refractivity contribution in [3.05, 3.63) is 83.1 Å². The highest BCUT2D eigenvalue weighted by Gasteiger charge is 2.16. The van der Waals surface area contributed by atoms with E-state index in [1.54, 1.807) is 0 Å². The highest BCUT2D eigenvalue weighted by atomic mass is 35.5. The van der Waals surface area contributed by atoms with Gasteiger partial charge < -0.3 is 15.8 Å². The van der Waals surface area contributed by atoms with Gasteiger partial charge in [-0.1, -0.05) is 49.4 Å². The molecule has 0 heterocycles. The van der Waals surface area contributed by atoms with Crippen LogP contribution in [0.15, 0.2) is 82.5 Å². The molecule has 208 valence electrons. The van der Waals surface area contributed by atoms with Gasteiger partial charge in [-0.3, -0.25) is 9.98 Å². The molecule has 1 aliphatic rings. The lowest BCUT2D eigenvalue weighted by Gasteiger charge is -2.24. The van der Waals surface area contributed by atoms with Crippen molar-refractivity contribution in [3.63, 3.8) is 0 Å². The Labute approximate surface area is 235 Å². The summed E-state index contributed by atoms with van der Waals surface area (Å²) in [7, 11) is 0. The fourth-order valence-corrected chi connectivity index (χ4v) is 4.46. The number of aryl methyl sites for hydroxylation is 1. The van der Waals surface area contributed by atoms with Crippen LogP contribution in [0, 0.1) is 11.8 Å². The van der Waals surface area contributed by atoms with Crippen LogP contribution in [-0.4, -0.2) is 25.1 Å². The molecule has 0 saturated heterocycles. The van der Waals surface area contributed by atoms with Gasteiger partial charge in [-0.05, 0) is 108 Å². The van der Waals surface area contributed by atoms with Crippen LogP contribution in [0.25, 0.3) is 0 Å². The fraction of sp³-hybridized carbons (Fsp3) is 0.500. The number of aliphatic imine (C=N–C) groups is 2. The number of halogens is 1. The standard InChI is InChI=1S/C32H47ClN4O/c1-6-24(2)37-26(4)32(25(3)34)35-21-9-7-8-10-22-38-27(5)36-23-30-15-13-28(14-16-30)11-12-29-17-19-31(33)20-18-29/h13,15,17-21,28,30,36H,3,5-12,14,16,22-23,34H2,1-2,4H3/b32-26+,35-21-,37-24+. The van der Waals surface area contributed by atoms with E-state index in [4.69, 9.17) is 22.1 Å². The van der Waals surface area contributed by atoms with Crippen LogP contribution in [-0.2, 0) is 11.2 Å². The summed E-state index contributed by atoms with van der Waals surface area (Å²) in [5.41, 5.74) is 10.2. The number of nitrogens with two attached hydrogens (primary N) is 1. The normalized spacial score (nSPS) is 18.4. The molecule has 6 heteroatoms. The zero-order chi connectivity index (χ0) is 27.8. The van der Waals surface area contributed by atoms with Crippen LogP contribution in [0.4, 0.5) is 0 Å². The molecule has 38 heavy (non-hydrogen) atoms. The molecular formula is C32H47ClN4O. The van der Waals surface area contributed by atoms with Gasteiger partial charge in [-0.25, -0.2) is 0 Å². The van der Waals surface area contributed by atoms with Crippen molar-refractivity contribution >= 4 is 23.5 Å². The summed E-state index contributed by atoms with van der Waals surface area (Å²) in [6.07, 6.45) is 16.3. The van der Waals surface area contributed by atoms with E-state index >= 15 is 0 Å². The molecule has 1 aromatic rings. The van der Waals surface area contributed by atoms with Gasteiger partial charge >= 0.3 is 0 Å². The Morgan fingerprint density at radius 1 is 1.11 bits per heavy atom. The Bertz CT molecular complexity index is 1010. The average Bonchev–Trinajstić information content (AvgIpc) is 2.90. The number of allylic oxidation sites excluding steroid dienone is 2. The summed E-state index contributed by atoms with van der Waals surface area (Å²) in [6.45, 7) is 15.4. The molecule has 0 aromatic heterocycles. The molecule has 1 aromatic carbocycles. The van der Waals surface area contributed by atoms with Gasteiger partial charge in [-0.2, -0.15) is 0 Å². The first-order chi connectivity index (χ1) is 18.3. The number of nitrogens with zero attached hydrogens (tertiary/aromatic N) is 2. The number of ether oxygens (including phenoxy) is 1. The lowest BCUT2D eigenvalue weighted by Crippen LogP contribution is -2.24. The lowest BCUT2D eigenvalue weighted by molar-refractivity contribution is 0.184. The molecule has 2 atom stereocenters. The summed E-state index contributed by atoms with van der Waals surface area (Å²) < 4.78 is 5.78. The molecule has 5 nitrogen and oxygen atoms in total. The van der Waals surface area contributed by atoms with Gasteiger partial charge in [0.2, 0.25) is 0 Å². The van der Waals surface area contributed by atoms with Crippen molar-refractivity contribution in [2.75, 3.05) is 13.2 Å². The third kappa shape index (κ3) is 12.6. The van der Waals surface area contributed by atoms with Crippen LogP contribution in [0.3, 0.4) is 0 Å². The number of nitrogens with one attached hydrogen (secondary N) is 1. The van der Waals surface area contributed by atoms with E-state index in [0.29, 0.717) is 35.7 Å². The molecule has 2 rings (SSSR count). The predicted molar refractivity (Wildman–Crippen MR) is 165 cm³/mol. The third-order valence-corrected chi connectivity index (χ3v) is 7.09. The summed E-state index contributed by atoms with van der Waals surface area (Å²) in [5.74, 6) is 1.86. The number of unbranched alkanes of at least 4 members (excludes halogenated alkanes) is 3. The van der Waals surface area contributed by atoms with Crippen LogP contribution in [0.5, 0.6) is 0 Å². The lowest BCUT2D eigenvalue weighted by atomic mass is 9.85. The zero-order valence-corrected chi connectivity index (χ0v) is 24.4. The van der Waals surface area contributed by atoms with E-state index in [9.17, 15) is 0 Å². The first kappa shape index (κ1) is 31.4. The van der Waals surface area contributed by atoms with Crippen LogP contribution in [0.2, 0.25) is 5.02 Å². The van der Waals surface area contributed by atoms with Gasteiger partial charge in [0.1, 0.15) is 5.70 Å². The largest absolute Gasteiger partial charge is 0.480 e. The van der Waals surface area contributed by atoms with Gasteiger partial charge in [0.25, 0.3) is 0 Å². The Kier molecular flexibility index (Phi) is 14.6. The SMILES string of the molecule is C=C(NCC1C=CC(CCc2ccc(Cl)cc2)CC1)OCCCCC\C=N/C(C(=C)N)=C(C)/N=C(\C)CC. The molecule has 0 aliphatic heterocycles. The van der Waals surface area contributed by atoms with Gasteiger partial charge in [0.05, 0.1) is 18.0 Å². The highest BCUT2D eigenvalue weighted by Crippen LogP contribution is 2.26. The Morgan fingerprint density at radius 3 is 2.47 bits per heavy atom. The first-order valence-corrected chi connectivity index (χ1v) is 14.4. The van der Waals surface area contributed by atoms with Crippen LogP contribution in [0.1, 0.15) is 77.7 Å². The van der Waals surface area contributed by atoms with Crippen molar-refractivity contribution < 1.29 is 4.74 Å². The summed E-state index contributed by atoms with van der Waals surface area (Å²) in [5, 5.41) is 4.16. The number of hydrogen-bond acceptors (Lipinski definition) is 5. The van der Waals surface area contributed by atoms with E-state index in [1.165, 1.54) is 24.8 Å². The maximum Gasteiger partial charge on any atom is 0.179 e. The van der Waals surface area contributed by atoms with Gasteiger partial charge in [0.15, 0.2) is 5.88 Å². The molecule has 0 fully saturated rings. The fourth-order valence-electron chi connectivity index (χ4n) is 4.34. The number of benzene rings is 1. The number of hydrogen-bond donors (Lipinski definition) is 2. The summed E-state index contributed by atoms with van der Waals surface area (Å²) in [6, 6.07) is 8.20. The minimum Gasteiger partial charge on any atom is -0.480 e. The molecule has 0 bridgehead atoms. The Balaban J connectivity index is 1.55. The quantitative estimate of drug-likeness (QED) is 0.0691. The minimum absolute atomic E-state index is 0.448. The Morgan fingerprint density at radius 2 is 1.82 bits per heavy atom. The highest BCUT2D eigenvalue weighted by molar-refractivity contribution is 6.30. The summed E-state index contributed by atoms with van der Waals surface area (Å²) >= 11 is 5.98. The monoisotopic (exact) mass is 538 g/mol. The molecule has 1 aliphatic carbocycles. The molecule has 2 unspecified atom stereocenters. The van der Waals surface area contributed by atoms with Crippen LogP contribution < -0.4 is 11.1 Å². The van der Waals surface area contributed by atoms with Crippen LogP contribution >= 0.6 is 11.6 Å². The van der Waals surface area contributed by atoms with Crippen molar-refractivity contribution in [1.29, 1.82) is 0 Å². The van der Waals surface area contributed by atoms with Gasteiger partial charge in [0, 0.05) is 23.5 Å². The first-order valence-electron chi connectivity index (χ1n) is 14.0. The predicted octanol–water partition coefficient (Wildman–Crippen LogP) is 8.14. The Hall–Kier alpha value is -2.79. The second-order valence-corrected chi connectivity index (χ2v) is 10.6.